The number of aromatic nitrogens is 1. The molecule has 118 valence electrons. The zero-order valence-corrected chi connectivity index (χ0v) is 12.8. The number of carbonyl (C=O) groups is 2. The molecule has 1 aromatic heterocycles. The average molecular weight is 311 g/mol. The van der Waals surface area contributed by atoms with Gasteiger partial charge in [0.2, 0.25) is 5.91 Å². The summed E-state index contributed by atoms with van der Waals surface area (Å²) in [6.45, 7) is 0.494. The number of rotatable bonds is 4. The van der Waals surface area contributed by atoms with Gasteiger partial charge in [0.25, 0.3) is 5.91 Å². The number of nitrogens with one attached hydrogen (secondary N) is 1. The van der Waals surface area contributed by atoms with Crippen molar-refractivity contribution in [2.75, 3.05) is 18.6 Å². The Morgan fingerprint density at radius 2 is 2.22 bits per heavy atom. The molecular formula is C17H17N3O3. The number of pyridine rings is 1. The molecular weight excluding hydrogens is 294 g/mol. The van der Waals surface area contributed by atoms with E-state index in [-0.39, 0.29) is 24.8 Å². The molecule has 0 radical (unpaired) electrons. The standard InChI is InChI=1S/C17H17N3O3/c1-20-14-7-12(4-5-15(14)23-11-17(20)22)8-16(21)19-10-13-3-2-6-18-9-13/h2-7,9H,8,10-11H2,1H3,(H,19,21). The smallest absolute Gasteiger partial charge is 0.264 e. The van der Waals surface area contributed by atoms with Gasteiger partial charge in [-0.1, -0.05) is 12.1 Å². The molecule has 0 unspecified atom stereocenters. The van der Waals surface area contributed by atoms with Crippen molar-refractivity contribution in [3.63, 3.8) is 0 Å². The van der Waals surface area contributed by atoms with Crippen molar-refractivity contribution in [3.8, 4) is 5.75 Å². The first-order valence-electron chi connectivity index (χ1n) is 7.31. The van der Waals surface area contributed by atoms with Crippen molar-refractivity contribution in [2.45, 2.75) is 13.0 Å². The molecule has 0 spiro atoms. The molecule has 2 amide bonds. The lowest BCUT2D eigenvalue weighted by Gasteiger charge is -2.26. The van der Waals surface area contributed by atoms with Crippen LogP contribution in [0.2, 0.25) is 0 Å². The topological polar surface area (TPSA) is 71.5 Å². The van der Waals surface area contributed by atoms with Crippen molar-refractivity contribution < 1.29 is 14.3 Å². The third-order valence-electron chi connectivity index (χ3n) is 3.69. The van der Waals surface area contributed by atoms with Gasteiger partial charge in [0.1, 0.15) is 5.75 Å². The van der Waals surface area contributed by atoms with Crippen LogP contribution in [0.5, 0.6) is 5.75 Å². The van der Waals surface area contributed by atoms with E-state index < -0.39 is 0 Å². The van der Waals surface area contributed by atoms with E-state index in [1.807, 2.05) is 24.3 Å². The first kappa shape index (κ1) is 15.0. The number of fused-ring (bicyclic) bond motifs is 1. The second kappa shape index (κ2) is 6.48. The van der Waals surface area contributed by atoms with Gasteiger partial charge in [-0.2, -0.15) is 0 Å². The molecule has 0 saturated carbocycles. The molecule has 6 nitrogen and oxygen atoms in total. The number of hydrogen-bond acceptors (Lipinski definition) is 4. The predicted molar refractivity (Wildman–Crippen MR) is 85.1 cm³/mol. The average Bonchev–Trinajstić information content (AvgIpc) is 2.58. The van der Waals surface area contributed by atoms with Gasteiger partial charge in [-0.25, -0.2) is 0 Å². The summed E-state index contributed by atoms with van der Waals surface area (Å²) in [6, 6.07) is 9.19. The van der Waals surface area contributed by atoms with Crippen LogP contribution >= 0.6 is 0 Å². The molecule has 0 bridgehead atoms. The minimum atomic E-state index is -0.101. The van der Waals surface area contributed by atoms with Crippen LogP contribution in [0.1, 0.15) is 11.1 Å². The van der Waals surface area contributed by atoms with Gasteiger partial charge in [-0.15, -0.1) is 0 Å². The molecule has 1 aromatic carbocycles. The highest BCUT2D eigenvalue weighted by Crippen LogP contribution is 2.32. The van der Waals surface area contributed by atoms with Crippen LogP contribution in [0.3, 0.4) is 0 Å². The Morgan fingerprint density at radius 1 is 1.35 bits per heavy atom. The molecule has 0 atom stereocenters. The Balaban J connectivity index is 1.64. The van der Waals surface area contributed by atoms with Crippen molar-refractivity contribution in [1.82, 2.24) is 10.3 Å². The summed E-state index contributed by atoms with van der Waals surface area (Å²) >= 11 is 0. The Bertz CT molecular complexity index is 731. The molecule has 0 saturated heterocycles. The number of hydrogen-bond donors (Lipinski definition) is 1. The van der Waals surface area contributed by atoms with E-state index in [0.29, 0.717) is 18.0 Å². The van der Waals surface area contributed by atoms with Crippen LogP contribution in [-0.4, -0.2) is 30.5 Å². The van der Waals surface area contributed by atoms with E-state index in [4.69, 9.17) is 4.74 Å². The summed E-state index contributed by atoms with van der Waals surface area (Å²) in [5, 5.41) is 2.86. The highest BCUT2D eigenvalue weighted by atomic mass is 16.5. The summed E-state index contributed by atoms with van der Waals surface area (Å²) in [4.78, 5) is 29.3. The first-order valence-corrected chi connectivity index (χ1v) is 7.31. The SMILES string of the molecule is CN1C(=O)COc2ccc(CC(=O)NCc3cccnc3)cc21. The Morgan fingerprint density at radius 3 is 3.00 bits per heavy atom. The fourth-order valence-corrected chi connectivity index (χ4v) is 2.38. The van der Waals surface area contributed by atoms with Gasteiger partial charge in [0.15, 0.2) is 6.61 Å². The normalized spacial score (nSPS) is 13.3. The molecule has 0 aliphatic carbocycles. The van der Waals surface area contributed by atoms with E-state index in [1.165, 1.54) is 0 Å². The lowest BCUT2D eigenvalue weighted by atomic mass is 10.1. The minimum Gasteiger partial charge on any atom is -0.482 e. The molecule has 1 N–H and O–H groups in total. The molecule has 1 aliphatic rings. The van der Waals surface area contributed by atoms with E-state index in [0.717, 1.165) is 11.1 Å². The third-order valence-corrected chi connectivity index (χ3v) is 3.69. The number of carbonyl (C=O) groups excluding carboxylic acids is 2. The maximum Gasteiger partial charge on any atom is 0.264 e. The largest absolute Gasteiger partial charge is 0.482 e. The molecule has 2 heterocycles. The summed E-state index contributed by atoms with van der Waals surface area (Å²) < 4.78 is 5.37. The lowest BCUT2D eigenvalue weighted by molar-refractivity contribution is -0.121. The molecule has 1 aliphatic heterocycles. The Labute approximate surface area is 134 Å². The van der Waals surface area contributed by atoms with Gasteiger partial charge < -0.3 is 15.0 Å². The lowest BCUT2D eigenvalue weighted by Crippen LogP contribution is -2.35. The van der Waals surface area contributed by atoms with Gasteiger partial charge >= 0.3 is 0 Å². The number of amides is 2. The predicted octanol–water partition coefficient (Wildman–Crippen LogP) is 1.30. The highest BCUT2D eigenvalue weighted by molar-refractivity contribution is 5.97. The van der Waals surface area contributed by atoms with E-state index in [1.54, 1.807) is 30.4 Å². The zero-order valence-electron chi connectivity index (χ0n) is 12.8. The molecule has 3 rings (SSSR count). The van der Waals surface area contributed by atoms with E-state index in [2.05, 4.69) is 10.3 Å². The summed E-state index contributed by atoms with van der Waals surface area (Å²) in [5.74, 6) is 0.474. The maximum atomic E-state index is 12.1. The monoisotopic (exact) mass is 311 g/mol. The van der Waals surface area contributed by atoms with E-state index in [9.17, 15) is 9.59 Å². The van der Waals surface area contributed by atoms with Crippen LogP contribution in [0.4, 0.5) is 5.69 Å². The summed E-state index contributed by atoms with van der Waals surface area (Å²) in [5.41, 5.74) is 2.47. The molecule has 23 heavy (non-hydrogen) atoms. The van der Waals surface area contributed by atoms with Gasteiger partial charge in [-0.3, -0.25) is 14.6 Å². The van der Waals surface area contributed by atoms with Crippen LogP contribution in [-0.2, 0) is 22.6 Å². The number of ether oxygens (including phenoxy) is 1. The molecule has 0 fully saturated rings. The fourth-order valence-electron chi connectivity index (χ4n) is 2.38. The quantitative estimate of drug-likeness (QED) is 0.924. The van der Waals surface area contributed by atoms with Crippen molar-refractivity contribution in [3.05, 3.63) is 53.9 Å². The van der Waals surface area contributed by atoms with E-state index >= 15 is 0 Å². The van der Waals surface area contributed by atoms with Crippen LogP contribution in [0.15, 0.2) is 42.7 Å². The van der Waals surface area contributed by atoms with Gasteiger partial charge in [-0.05, 0) is 29.3 Å². The zero-order chi connectivity index (χ0) is 16.2. The number of likely N-dealkylation sites (N-methyl/N-ethyl adjacent to an activating group) is 1. The fraction of sp³-hybridized carbons (Fsp3) is 0.235. The highest BCUT2D eigenvalue weighted by Gasteiger charge is 2.22. The number of nitrogens with zero attached hydrogens (tertiary/aromatic N) is 2. The van der Waals surface area contributed by atoms with Gasteiger partial charge in [0, 0.05) is 26.0 Å². The molecule has 2 aromatic rings. The van der Waals surface area contributed by atoms with Crippen LogP contribution < -0.4 is 15.0 Å². The second-order valence-electron chi connectivity index (χ2n) is 5.36. The van der Waals surface area contributed by atoms with Crippen molar-refractivity contribution in [1.29, 1.82) is 0 Å². The van der Waals surface area contributed by atoms with Crippen LogP contribution in [0.25, 0.3) is 0 Å². The minimum absolute atomic E-state index is 0.0500. The number of anilines is 1. The third kappa shape index (κ3) is 3.48. The van der Waals surface area contributed by atoms with Gasteiger partial charge in [0.05, 0.1) is 12.1 Å². The maximum absolute atomic E-state index is 12.1. The van der Waals surface area contributed by atoms with Crippen molar-refractivity contribution in [2.24, 2.45) is 0 Å². The second-order valence-corrected chi connectivity index (χ2v) is 5.36. The number of benzene rings is 1. The van der Waals surface area contributed by atoms with Crippen LogP contribution in [0, 0.1) is 0 Å². The molecule has 6 heteroatoms. The first-order chi connectivity index (χ1) is 11.1. The Kier molecular flexibility index (Phi) is 4.23. The Hall–Kier alpha value is -2.89. The summed E-state index contributed by atoms with van der Waals surface area (Å²) in [7, 11) is 1.70. The summed E-state index contributed by atoms with van der Waals surface area (Å²) in [6.07, 6.45) is 3.66. The van der Waals surface area contributed by atoms with Crippen molar-refractivity contribution >= 4 is 17.5 Å².